The van der Waals surface area contributed by atoms with E-state index in [2.05, 4.69) is 39.0 Å². The summed E-state index contributed by atoms with van der Waals surface area (Å²) < 4.78 is 4.68. The third-order valence-electron chi connectivity index (χ3n) is 2.92. The van der Waals surface area contributed by atoms with Crippen molar-refractivity contribution in [3.8, 4) is 11.4 Å². The summed E-state index contributed by atoms with van der Waals surface area (Å²) in [5, 5.41) is 7.21. The van der Waals surface area contributed by atoms with Gasteiger partial charge in [0, 0.05) is 5.56 Å². The van der Waals surface area contributed by atoms with Crippen molar-refractivity contribution in [3.05, 3.63) is 29.8 Å². The van der Waals surface area contributed by atoms with E-state index in [0.717, 1.165) is 12.0 Å². The molecule has 0 aliphatic carbocycles. The van der Waals surface area contributed by atoms with Gasteiger partial charge in [-0.15, -0.1) is 5.10 Å². The number of aromatic amines is 1. The van der Waals surface area contributed by atoms with Crippen LogP contribution in [0.5, 0.6) is 0 Å². The van der Waals surface area contributed by atoms with E-state index in [9.17, 15) is 4.79 Å². The van der Waals surface area contributed by atoms with Gasteiger partial charge < -0.3 is 4.74 Å². The molecule has 0 aliphatic heterocycles. The zero-order valence-electron chi connectivity index (χ0n) is 11.7. The van der Waals surface area contributed by atoms with E-state index in [1.807, 2.05) is 12.1 Å². The van der Waals surface area contributed by atoms with Crippen molar-refractivity contribution >= 4 is 17.7 Å². The molecule has 1 aromatic carbocycles. The van der Waals surface area contributed by atoms with Crippen LogP contribution in [0.2, 0.25) is 0 Å². The molecule has 2 rings (SSSR count). The number of H-pyrrole nitrogens is 1. The summed E-state index contributed by atoms with van der Waals surface area (Å²) in [6.07, 6.45) is 1.01. The number of nitrogens with zero attached hydrogens (tertiary/aromatic N) is 2. The summed E-state index contributed by atoms with van der Waals surface area (Å²) in [5.74, 6) is 0.417. The van der Waals surface area contributed by atoms with Crippen LogP contribution in [-0.4, -0.2) is 33.5 Å². The van der Waals surface area contributed by atoms with Gasteiger partial charge in [-0.1, -0.05) is 43.0 Å². The first-order valence-electron chi connectivity index (χ1n) is 6.40. The lowest BCUT2D eigenvalue weighted by molar-refractivity contribution is -0.139. The second-order valence-electron chi connectivity index (χ2n) is 4.30. The van der Waals surface area contributed by atoms with E-state index >= 15 is 0 Å². The number of benzene rings is 1. The number of ether oxygens (including phenoxy) is 1. The molecule has 1 N–H and O–H groups in total. The number of thioether (sulfide) groups is 1. The van der Waals surface area contributed by atoms with Gasteiger partial charge in [0.05, 0.1) is 7.11 Å². The second kappa shape index (κ2) is 6.56. The molecule has 1 aromatic heterocycles. The van der Waals surface area contributed by atoms with Gasteiger partial charge in [0.25, 0.3) is 0 Å². The average molecular weight is 291 g/mol. The minimum Gasteiger partial charge on any atom is -0.468 e. The average Bonchev–Trinajstić information content (AvgIpc) is 2.94. The lowest BCUT2D eigenvalue weighted by Gasteiger charge is -2.04. The number of carbonyl (C=O) groups is 1. The molecule has 106 valence electrons. The number of aryl methyl sites for hydroxylation is 1. The Bertz CT molecular complexity index is 580. The third kappa shape index (κ3) is 3.39. The maximum atomic E-state index is 11.4. The number of rotatable bonds is 5. The van der Waals surface area contributed by atoms with Gasteiger partial charge in [-0.2, -0.15) is 0 Å². The van der Waals surface area contributed by atoms with Crippen LogP contribution in [0, 0.1) is 0 Å². The van der Waals surface area contributed by atoms with Gasteiger partial charge in [-0.05, 0) is 18.9 Å². The smallest absolute Gasteiger partial charge is 0.318 e. The van der Waals surface area contributed by atoms with Crippen LogP contribution in [0.25, 0.3) is 11.4 Å². The molecule has 1 atom stereocenters. The molecule has 0 unspecified atom stereocenters. The fraction of sp³-hybridized carbons (Fsp3) is 0.357. The van der Waals surface area contributed by atoms with E-state index in [-0.39, 0.29) is 11.2 Å². The summed E-state index contributed by atoms with van der Waals surface area (Å²) in [6, 6.07) is 8.17. The first-order chi connectivity index (χ1) is 9.63. The van der Waals surface area contributed by atoms with E-state index in [1.54, 1.807) is 6.92 Å². The minimum atomic E-state index is -0.328. The van der Waals surface area contributed by atoms with Crippen molar-refractivity contribution in [1.82, 2.24) is 15.2 Å². The third-order valence-corrected chi connectivity index (χ3v) is 3.86. The standard InChI is InChI=1S/C14H17N3O2S/c1-4-10-5-7-11(8-6-10)12-15-14(17-16-12)20-9(2)13(18)19-3/h5-9H,4H2,1-3H3,(H,15,16,17)/t9-/m0/s1. The van der Waals surface area contributed by atoms with Crippen molar-refractivity contribution < 1.29 is 9.53 Å². The quantitative estimate of drug-likeness (QED) is 0.677. The number of esters is 1. The Labute approximate surface area is 122 Å². The Kier molecular flexibility index (Phi) is 4.79. The number of methoxy groups -OCH3 is 1. The normalized spacial score (nSPS) is 12.2. The van der Waals surface area contributed by atoms with Crippen molar-refractivity contribution in [2.45, 2.75) is 30.7 Å². The highest BCUT2D eigenvalue weighted by Crippen LogP contribution is 2.23. The van der Waals surface area contributed by atoms with Gasteiger partial charge in [0.1, 0.15) is 5.25 Å². The lowest BCUT2D eigenvalue weighted by atomic mass is 10.1. The van der Waals surface area contributed by atoms with E-state index in [1.165, 1.54) is 24.4 Å². The first-order valence-corrected chi connectivity index (χ1v) is 7.28. The molecular formula is C14H17N3O2S. The van der Waals surface area contributed by atoms with E-state index < -0.39 is 0 Å². The molecule has 20 heavy (non-hydrogen) atoms. The van der Waals surface area contributed by atoms with E-state index in [4.69, 9.17) is 0 Å². The molecule has 2 aromatic rings. The predicted molar refractivity (Wildman–Crippen MR) is 78.5 cm³/mol. The largest absolute Gasteiger partial charge is 0.468 e. The molecule has 0 bridgehead atoms. The fourth-order valence-electron chi connectivity index (χ4n) is 1.70. The molecule has 0 saturated heterocycles. The monoisotopic (exact) mass is 291 g/mol. The Hall–Kier alpha value is -1.82. The summed E-state index contributed by atoms with van der Waals surface area (Å²) in [6.45, 7) is 3.88. The highest BCUT2D eigenvalue weighted by molar-refractivity contribution is 8.00. The van der Waals surface area contributed by atoms with Gasteiger partial charge in [0.15, 0.2) is 5.82 Å². The zero-order valence-corrected chi connectivity index (χ0v) is 12.5. The fourth-order valence-corrected chi connectivity index (χ4v) is 2.45. The Morgan fingerprint density at radius 3 is 2.70 bits per heavy atom. The van der Waals surface area contributed by atoms with Gasteiger partial charge in [-0.3, -0.25) is 9.89 Å². The summed E-state index contributed by atoms with van der Waals surface area (Å²) in [4.78, 5) is 15.7. The predicted octanol–water partition coefficient (Wildman–Crippen LogP) is 2.69. The van der Waals surface area contributed by atoms with Gasteiger partial charge in [0.2, 0.25) is 5.16 Å². The molecule has 0 spiro atoms. The van der Waals surface area contributed by atoms with Crippen LogP contribution in [0.4, 0.5) is 0 Å². The molecular weight excluding hydrogens is 274 g/mol. The van der Waals surface area contributed by atoms with Gasteiger partial charge in [-0.25, -0.2) is 4.98 Å². The summed E-state index contributed by atoms with van der Waals surface area (Å²) in [7, 11) is 1.37. The SMILES string of the molecule is CCc1ccc(-c2nc(S[C@@H](C)C(=O)OC)n[nH]2)cc1. The van der Waals surface area contributed by atoms with Crippen molar-refractivity contribution in [1.29, 1.82) is 0 Å². The maximum absolute atomic E-state index is 11.4. The van der Waals surface area contributed by atoms with Crippen molar-refractivity contribution in [3.63, 3.8) is 0 Å². The van der Waals surface area contributed by atoms with E-state index in [0.29, 0.717) is 11.0 Å². The highest BCUT2D eigenvalue weighted by atomic mass is 32.2. The molecule has 0 aliphatic rings. The number of hydrogen-bond acceptors (Lipinski definition) is 5. The molecule has 1 heterocycles. The Morgan fingerprint density at radius 2 is 2.10 bits per heavy atom. The summed E-state index contributed by atoms with van der Waals surface area (Å²) in [5.41, 5.74) is 2.26. The number of hydrogen-bond donors (Lipinski definition) is 1. The Morgan fingerprint density at radius 1 is 1.40 bits per heavy atom. The van der Waals surface area contributed by atoms with Crippen LogP contribution in [0.1, 0.15) is 19.4 Å². The number of nitrogens with one attached hydrogen (secondary N) is 1. The lowest BCUT2D eigenvalue weighted by Crippen LogP contribution is -2.14. The topological polar surface area (TPSA) is 67.9 Å². The van der Waals surface area contributed by atoms with Crippen LogP contribution >= 0.6 is 11.8 Å². The molecule has 5 nitrogen and oxygen atoms in total. The highest BCUT2D eigenvalue weighted by Gasteiger charge is 2.17. The first kappa shape index (κ1) is 14.6. The zero-order chi connectivity index (χ0) is 14.5. The minimum absolute atomic E-state index is 0.284. The number of aromatic nitrogens is 3. The Balaban J connectivity index is 2.09. The summed E-state index contributed by atoms with van der Waals surface area (Å²) >= 11 is 1.27. The van der Waals surface area contributed by atoms with Crippen molar-refractivity contribution in [2.24, 2.45) is 0 Å². The molecule has 0 fully saturated rings. The van der Waals surface area contributed by atoms with Crippen LogP contribution in [0.3, 0.4) is 0 Å². The van der Waals surface area contributed by atoms with Crippen LogP contribution in [0.15, 0.2) is 29.4 Å². The molecule has 6 heteroatoms. The molecule has 0 saturated carbocycles. The maximum Gasteiger partial charge on any atom is 0.318 e. The van der Waals surface area contributed by atoms with Gasteiger partial charge >= 0.3 is 5.97 Å². The molecule has 0 amide bonds. The van der Waals surface area contributed by atoms with Crippen LogP contribution < -0.4 is 0 Å². The van der Waals surface area contributed by atoms with Crippen molar-refractivity contribution in [2.75, 3.05) is 7.11 Å². The number of carbonyl (C=O) groups excluding carboxylic acids is 1. The second-order valence-corrected chi connectivity index (χ2v) is 5.61. The molecule has 0 radical (unpaired) electrons. The van der Waals surface area contributed by atoms with Crippen LogP contribution in [-0.2, 0) is 16.0 Å².